The van der Waals surface area contributed by atoms with Crippen molar-refractivity contribution in [2.75, 3.05) is 5.32 Å². The van der Waals surface area contributed by atoms with E-state index in [4.69, 9.17) is 0 Å². The normalized spacial score (nSPS) is 11.7. The van der Waals surface area contributed by atoms with Gasteiger partial charge in [0.05, 0.1) is 23.1 Å². The minimum absolute atomic E-state index is 0.116. The van der Waals surface area contributed by atoms with E-state index < -0.39 is 11.5 Å². The van der Waals surface area contributed by atoms with Gasteiger partial charge in [-0.3, -0.25) is 14.2 Å². The van der Waals surface area contributed by atoms with Crippen LogP contribution >= 0.6 is 0 Å². The third kappa shape index (κ3) is 3.25. The van der Waals surface area contributed by atoms with Crippen LogP contribution in [0.4, 0.5) is 5.69 Å². The van der Waals surface area contributed by atoms with Crippen LogP contribution < -0.4 is 5.32 Å². The molecule has 23 heavy (non-hydrogen) atoms. The summed E-state index contributed by atoms with van der Waals surface area (Å²) in [6.07, 6.45) is 4.59. The summed E-state index contributed by atoms with van der Waals surface area (Å²) in [5, 5.41) is 20.3. The second kappa shape index (κ2) is 5.86. The highest BCUT2D eigenvalue weighted by molar-refractivity contribution is 6.04. The number of hydrogen-bond donors (Lipinski definition) is 2. The number of carbonyl (C=O) groups excluding carboxylic acids is 1. The Kier molecular flexibility index (Phi) is 4.26. The Balaban J connectivity index is 2.22. The third-order valence-electron chi connectivity index (χ3n) is 3.59. The van der Waals surface area contributed by atoms with Gasteiger partial charge in [0.1, 0.15) is 0 Å². The molecule has 1 amide bonds. The molecular formula is C15H21N5O3. The van der Waals surface area contributed by atoms with Crippen molar-refractivity contribution in [1.82, 2.24) is 19.6 Å². The fraction of sp³-hybridized carbons (Fsp3) is 0.467. The van der Waals surface area contributed by atoms with E-state index in [-0.39, 0.29) is 11.8 Å². The van der Waals surface area contributed by atoms with Crippen LogP contribution in [0.25, 0.3) is 0 Å². The maximum absolute atomic E-state index is 12.4. The average molecular weight is 319 g/mol. The van der Waals surface area contributed by atoms with Crippen molar-refractivity contribution in [3.05, 3.63) is 29.8 Å². The Morgan fingerprint density at radius 2 is 1.96 bits per heavy atom. The molecule has 0 fully saturated rings. The van der Waals surface area contributed by atoms with Crippen LogP contribution in [0.1, 0.15) is 49.7 Å². The molecule has 0 aromatic carbocycles. The molecule has 0 aliphatic carbocycles. The second-order valence-electron chi connectivity index (χ2n) is 6.25. The molecule has 0 bridgehead atoms. The summed E-state index contributed by atoms with van der Waals surface area (Å²) < 4.78 is 2.90. The SMILES string of the molecule is CC(C)c1nn(C)cc1C(=O)Nc1cnn(C(C)(C)C(=O)O)c1. The zero-order valence-electron chi connectivity index (χ0n) is 13.9. The number of nitrogens with zero attached hydrogens (tertiary/aromatic N) is 4. The molecule has 2 aromatic rings. The van der Waals surface area contributed by atoms with Crippen molar-refractivity contribution < 1.29 is 14.7 Å². The summed E-state index contributed by atoms with van der Waals surface area (Å²) in [5.41, 5.74) is 0.444. The molecule has 8 nitrogen and oxygen atoms in total. The van der Waals surface area contributed by atoms with Gasteiger partial charge in [-0.25, -0.2) is 4.79 Å². The van der Waals surface area contributed by atoms with Crippen LogP contribution in [0.5, 0.6) is 0 Å². The minimum Gasteiger partial charge on any atom is -0.479 e. The van der Waals surface area contributed by atoms with Crippen molar-refractivity contribution in [3.63, 3.8) is 0 Å². The molecule has 0 saturated carbocycles. The predicted octanol–water partition coefficient (Wildman–Crippen LogP) is 1.81. The number of aromatic nitrogens is 4. The largest absolute Gasteiger partial charge is 0.479 e. The van der Waals surface area contributed by atoms with E-state index in [1.165, 1.54) is 30.9 Å². The van der Waals surface area contributed by atoms with Crippen molar-refractivity contribution in [3.8, 4) is 0 Å². The first-order chi connectivity index (χ1) is 10.6. The Bertz CT molecular complexity index is 742. The van der Waals surface area contributed by atoms with Crippen LogP contribution in [-0.4, -0.2) is 36.5 Å². The number of aliphatic carboxylic acids is 1. The van der Waals surface area contributed by atoms with E-state index in [0.717, 1.165) is 0 Å². The summed E-state index contributed by atoms with van der Waals surface area (Å²) in [6.45, 7) is 7.00. The van der Waals surface area contributed by atoms with Crippen LogP contribution in [0.3, 0.4) is 0 Å². The third-order valence-corrected chi connectivity index (χ3v) is 3.59. The summed E-state index contributed by atoms with van der Waals surface area (Å²) in [4.78, 5) is 23.7. The molecule has 0 spiro atoms. The highest BCUT2D eigenvalue weighted by Gasteiger charge is 2.30. The predicted molar refractivity (Wildman–Crippen MR) is 84.4 cm³/mol. The molecule has 2 N–H and O–H groups in total. The maximum atomic E-state index is 12.4. The number of amides is 1. The second-order valence-corrected chi connectivity index (χ2v) is 6.25. The highest BCUT2D eigenvalue weighted by Crippen LogP contribution is 2.20. The van der Waals surface area contributed by atoms with Gasteiger partial charge in [0, 0.05) is 19.4 Å². The molecule has 2 heterocycles. The molecule has 0 aliphatic rings. The Labute approximate surface area is 134 Å². The Morgan fingerprint density at radius 3 is 2.52 bits per heavy atom. The molecule has 0 aliphatic heterocycles. The first-order valence-corrected chi connectivity index (χ1v) is 7.26. The van der Waals surface area contributed by atoms with Gasteiger partial charge in [-0.05, 0) is 19.8 Å². The smallest absolute Gasteiger partial charge is 0.331 e. The van der Waals surface area contributed by atoms with Gasteiger partial charge < -0.3 is 10.4 Å². The van der Waals surface area contributed by atoms with E-state index >= 15 is 0 Å². The molecule has 0 atom stereocenters. The number of carbonyl (C=O) groups is 2. The summed E-state index contributed by atoms with van der Waals surface area (Å²) >= 11 is 0. The topological polar surface area (TPSA) is 102 Å². The number of anilines is 1. The minimum atomic E-state index is -1.19. The Morgan fingerprint density at radius 1 is 1.30 bits per heavy atom. The van der Waals surface area contributed by atoms with Crippen molar-refractivity contribution >= 4 is 17.6 Å². The quantitative estimate of drug-likeness (QED) is 0.875. The first kappa shape index (κ1) is 16.7. The lowest BCUT2D eigenvalue weighted by molar-refractivity contribution is -0.146. The van der Waals surface area contributed by atoms with Crippen LogP contribution in [0, 0.1) is 0 Å². The van der Waals surface area contributed by atoms with Crippen LogP contribution in [0.2, 0.25) is 0 Å². The lowest BCUT2D eigenvalue weighted by Crippen LogP contribution is -2.35. The van der Waals surface area contributed by atoms with Gasteiger partial charge in [-0.15, -0.1) is 0 Å². The number of rotatable bonds is 5. The number of nitrogens with one attached hydrogen (secondary N) is 1. The average Bonchev–Trinajstić information content (AvgIpc) is 3.05. The zero-order valence-corrected chi connectivity index (χ0v) is 13.9. The lowest BCUT2D eigenvalue weighted by Gasteiger charge is -2.19. The first-order valence-electron chi connectivity index (χ1n) is 7.26. The Hall–Kier alpha value is -2.64. The van der Waals surface area contributed by atoms with E-state index in [1.54, 1.807) is 17.9 Å². The van der Waals surface area contributed by atoms with E-state index in [2.05, 4.69) is 15.5 Å². The molecule has 124 valence electrons. The fourth-order valence-corrected chi connectivity index (χ4v) is 2.10. The number of carboxylic acids is 1. The van der Waals surface area contributed by atoms with Crippen LogP contribution in [0.15, 0.2) is 18.6 Å². The molecule has 2 rings (SSSR count). The summed E-state index contributed by atoms with van der Waals surface area (Å²) in [6, 6.07) is 0. The van der Waals surface area contributed by atoms with E-state index in [1.807, 2.05) is 13.8 Å². The standard InChI is InChI=1S/C15H21N5O3/c1-9(2)12-11(8-19(5)18-12)13(21)17-10-6-16-20(7-10)15(3,4)14(22)23/h6-9H,1-5H3,(H,17,21)(H,22,23). The molecule has 0 saturated heterocycles. The molecule has 8 heteroatoms. The molecule has 0 unspecified atom stereocenters. The number of carboxylic acid groups (broad SMARTS) is 1. The van der Waals surface area contributed by atoms with Gasteiger partial charge in [-0.1, -0.05) is 13.8 Å². The molecule has 0 radical (unpaired) electrons. The molecule has 2 aromatic heterocycles. The van der Waals surface area contributed by atoms with Gasteiger partial charge in [-0.2, -0.15) is 10.2 Å². The monoisotopic (exact) mass is 319 g/mol. The highest BCUT2D eigenvalue weighted by atomic mass is 16.4. The summed E-state index contributed by atoms with van der Waals surface area (Å²) in [5.74, 6) is -1.19. The number of hydrogen-bond acceptors (Lipinski definition) is 4. The van der Waals surface area contributed by atoms with Gasteiger partial charge in [0.25, 0.3) is 5.91 Å². The lowest BCUT2D eigenvalue weighted by atomic mass is 10.1. The van der Waals surface area contributed by atoms with Crippen molar-refractivity contribution in [2.24, 2.45) is 7.05 Å². The summed E-state index contributed by atoms with van der Waals surface area (Å²) in [7, 11) is 1.76. The van der Waals surface area contributed by atoms with Gasteiger partial charge in [0.15, 0.2) is 5.54 Å². The van der Waals surface area contributed by atoms with Crippen molar-refractivity contribution in [1.29, 1.82) is 0 Å². The zero-order chi connectivity index (χ0) is 17.4. The van der Waals surface area contributed by atoms with Crippen molar-refractivity contribution in [2.45, 2.75) is 39.2 Å². The van der Waals surface area contributed by atoms with E-state index in [9.17, 15) is 14.7 Å². The van der Waals surface area contributed by atoms with E-state index in [0.29, 0.717) is 16.9 Å². The maximum Gasteiger partial charge on any atom is 0.331 e. The number of aryl methyl sites for hydroxylation is 1. The van der Waals surface area contributed by atoms with Gasteiger partial charge >= 0.3 is 5.97 Å². The fourth-order valence-electron chi connectivity index (χ4n) is 2.10. The van der Waals surface area contributed by atoms with Gasteiger partial charge in [0.2, 0.25) is 0 Å². The van der Waals surface area contributed by atoms with Crippen LogP contribution in [-0.2, 0) is 17.4 Å². The molecular weight excluding hydrogens is 298 g/mol.